The number of sulfonamides is 1. The minimum atomic E-state index is -4.39. The Labute approximate surface area is 186 Å². The minimum Gasteiger partial charge on any atom is -0.490 e. The van der Waals surface area contributed by atoms with E-state index < -0.39 is 26.6 Å². The second kappa shape index (κ2) is 9.43. The van der Waals surface area contributed by atoms with E-state index in [-0.39, 0.29) is 35.1 Å². The molecule has 12 heteroatoms. The average molecular weight is 485 g/mol. The Morgan fingerprint density at radius 2 is 1.94 bits per heavy atom. The topological polar surface area (TPSA) is 93.2 Å². The third-order valence-corrected chi connectivity index (χ3v) is 7.28. The quantitative estimate of drug-likeness (QED) is 0.533. The third kappa shape index (κ3) is 5.03. The zero-order chi connectivity index (χ0) is 22.7. The fourth-order valence-electron chi connectivity index (χ4n) is 3.66. The number of halogens is 3. The van der Waals surface area contributed by atoms with Crippen LogP contribution in [0.25, 0.3) is 0 Å². The van der Waals surface area contributed by atoms with Gasteiger partial charge in [-0.25, -0.2) is 26.6 Å². The summed E-state index contributed by atoms with van der Waals surface area (Å²) >= 11 is 0.762. The normalized spacial score (nSPS) is 19.0. The van der Waals surface area contributed by atoms with Gasteiger partial charge in [0.25, 0.3) is 10.0 Å². The van der Waals surface area contributed by atoms with Crippen molar-refractivity contribution < 1.29 is 26.3 Å². The second-order valence-corrected chi connectivity index (χ2v) is 9.72. The van der Waals surface area contributed by atoms with Gasteiger partial charge in [0.1, 0.15) is 22.9 Å². The molecule has 1 aliphatic heterocycles. The molecule has 1 aromatic heterocycles. The first kappa shape index (κ1) is 22.5. The molecular weight excluding hydrogens is 465 g/mol. The van der Waals surface area contributed by atoms with E-state index in [1.165, 1.54) is 12.1 Å². The second-order valence-electron chi connectivity index (χ2n) is 7.29. The lowest BCUT2D eigenvalue weighted by molar-refractivity contribution is 0.190. The number of hydrogen-bond donors (Lipinski definition) is 2. The van der Waals surface area contributed by atoms with Crippen LogP contribution in [0, 0.1) is 23.4 Å². The van der Waals surface area contributed by atoms with Crippen molar-refractivity contribution in [3.63, 3.8) is 0 Å². The van der Waals surface area contributed by atoms with Crippen molar-refractivity contribution in [2.45, 2.75) is 17.2 Å². The van der Waals surface area contributed by atoms with Gasteiger partial charge in [-0.3, -0.25) is 4.72 Å². The highest BCUT2D eigenvalue weighted by molar-refractivity contribution is 7.93. The lowest BCUT2D eigenvalue weighted by Gasteiger charge is -2.32. The molecule has 0 bridgehead atoms. The molecule has 0 amide bonds. The van der Waals surface area contributed by atoms with Crippen LogP contribution in [0.1, 0.15) is 17.9 Å². The van der Waals surface area contributed by atoms with Gasteiger partial charge in [0, 0.05) is 36.1 Å². The molecule has 2 heterocycles. The largest absolute Gasteiger partial charge is 0.490 e. The van der Waals surface area contributed by atoms with Crippen LogP contribution in [0.4, 0.5) is 18.3 Å². The summed E-state index contributed by atoms with van der Waals surface area (Å²) in [5.74, 6) is -2.90. The van der Waals surface area contributed by atoms with E-state index in [0.717, 1.165) is 36.4 Å². The summed E-state index contributed by atoms with van der Waals surface area (Å²) in [5.41, 5.74) is 0.942. The summed E-state index contributed by atoms with van der Waals surface area (Å²) in [7, 11) is -4.39. The maximum Gasteiger partial charge on any atom is 0.266 e. The van der Waals surface area contributed by atoms with E-state index in [1.54, 1.807) is 12.1 Å². The summed E-state index contributed by atoms with van der Waals surface area (Å²) in [6.07, 6.45) is 1.92. The summed E-state index contributed by atoms with van der Waals surface area (Å²) in [5, 5.41) is 3.17. The summed E-state index contributed by atoms with van der Waals surface area (Å²) in [6, 6.07) is 7.49. The number of piperidine rings is 1. The fraction of sp³-hybridized carbons (Fsp3) is 0.300. The minimum absolute atomic E-state index is 0.0560. The van der Waals surface area contributed by atoms with Crippen molar-refractivity contribution in [1.82, 2.24) is 14.7 Å². The lowest BCUT2D eigenvalue weighted by Crippen LogP contribution is -2.38. The zero-order valence-electron chi connectivity index (χ0n) is 16.6. The Morgan fingerprint density at radius 1 is 1.16 bits per heavy atom. The Kier molecular flexibility index (Phi) is 6.63. The molecule has 32 heavy (non-hydrogen) atoms. The molecule has 1 saturated heterocycles. The van der Waals surface area contributed by atoms with Gasteiger partial charge in [0.15, 0.2) is 11.6 Å². The van der Waals surface area contributed by atoms with E-state index in [1.807, 2.05) is 4.72 Å². The molecule has 3 aromatic rings. The van der Waals surface area contributed by atoms with Crippen LogP contribution in [0.2, 0.25) is 0 Å². The van der Waals surface area contributed by atoms with Crippen molar-refractivity contribution in [2.75, 3.05) is 24.4 Å². The van der Waals surface area contributed by atoms with Gasteiger partial charge in [0.05, 0.1) is 6.61 Å². The monoisotopic (exact) mass is 484 g/mol. The number of rotatable bonds is 7. The van der Waals surface area contributed by atoms with Crippen molar-refractivity contribution in [2.24, 2.45) is 5.92 Å². The van der Waals surface area contributed by atoms with Crippen molar-refractivity contribution in [3.8, 4) is 5.75 Å². The highest BCUT2D eigenvalue weighted by atomic mass is 32.2. The molecule has 0 spiro atoms. The van der Waals surface area contributed by atoms with E-state index in [9.17, 15) is 21.6 Å². The van der Waals surface area contributed by atoms with Crippen LogP contribution in [-0.2, 0) is 10.0 Å². The molecule has 2 atom stereocenters. The summed E-state index contributed by atoms with van der Waals surface area (Å²) in [4.78, 5) is 2.80. The maximum absolute atomic E-state index is 14.6. The molecule has 4 rings (SSSR count). The molecule has 0 radical (unpaired) electrons. The Hall–Kier alpha value is -2.70. The number of hydrogen-bond acceptors (Lipinski definition) is 7. The third-order valence-electron chi connectivity index (χ3n) is 5.22. The summed E-state index contributed by atoms with van der Waals surface area (Å²) in [6.45, 7) is 1.43. The molecule has 0 saturated carbocycles. The highest BCUT2D eigenvalue weighted by Crippen LogP contribution is 2.32. The number of nitrogens with zero attached hydrogens (tertiary/aromatic N) is 2. The number of aromatic nitrogens is 2. The molecule has 2 aromatic carbocycles. The zero-order valence-corrected chi connectivity index (χ0v) is 18.2. The predicted octanol–water partition coefficient (Wildman–Crippen LogP) is 3.53. The molecule has 7 nitrogen and oxygen atoms in total. The first-order chi connectivity index (χ1) is 15.3. The molecule has 1 unspecified atom stereocenters. The van der Waals surface area contributed by atoms with Gasteiger partial charge in [-0.05, 0) is 36.6 Å². The first-order valence-corrected chi connectivity index (χ1v) is 12.0. The molecule has 170 valence electrons. The first-order valence-electron chi connectivity index (χ1n) is 9.71. The van der Waals surface area contributed by atoms with Crippen molar-refractivity contribution in [1.29, 1.82) is 0 Å². The van der Waals surface area contributed by atoms with Gasteiger partial charge in [-0.2, -0.15) is 4.37 Å². The predicted molar refractivity (Wildman–Crippen MR) is 113 cm³/mol. The van der Waals surface area contributed by atoms with E-state index in [4.69, 9.17) is 4.74 Å². The molecule has 1 aliphatic rings. The van der Waals surface area contributed by atoms with E-state index in [2.05, 4.69) is 14.7 Å². The SMILES string of the molecule is O=S(=O)(Nc1ncns1)c1cc(F)c(OC[C@@H]2CNCCC2c2ccc(F)cc2)cc1F. The van der Waals surface area contributed by atoms with Crippen LogP contribution in [0.15, 0.2) is 47.6 Å². The van der Waals surface area contributed by atoms with Crippen molar-refractivity contribution >= 4 is 26.7 Å². The maximum atomic E-state index is 14.6. The number of ether oxygens (including phenoxy) is 1. The standard InChI is InChI=1S/C20H19F3N4O3S2/c21-14-3-1-12(2-4-14)15-5-6-24-9-13(15)10-30-18-7-17(23)19(8-16(18)22)32(28,29)27-20-25-11-26-31-20/h1-4,7-8,11,13,15,24H,5-6,9-10H2,(H,25,26,27)/t13-,15?/m0/s1. The highest BCUT2D eigenvalue weighted by Gasteiger charge is 2.28. The molecule has 0 aliphatic carbocycles. The fourth-order valence-corrected chi connectivity index (χ4v) is 5.39. The van der Waals surface area contributed by atoms with Crippen LogP contribution in [-0.4, -0.2) is 37.5 Å². The van der Waals surface area contributed by atoms with Gasteiger partial charge >= 0.3 is 0 Å². The molecule has 2 N–H and O–H groups in total. The smallest absolute Gasteiger partial charge is 0.266 e. The van der Waals surface area contributed by atoms with Gasteiger partial charge < -0.3 is 10.1 Å². The van der Waals surface area contributed by atoms with Crippen LogP contribution in [0.3, 0.4) is 0 Å². The van der Waals surface area contributed by atoms with Crippen LogP contribution < -0.4 is 14.8 Å². The Balaban J connectivity index is 1.49. The number of nitrogens with one attached hydrogen (secondary N) is 2. The van der Waals surface area contributed by atoms with E-state index >= 15 is 0 Å². The Bertz CT molecular complexity index is 1180. The average Bonchev–Trinajstić information content (AvgIpc) is 3.27. The lowest BCUT2D eigenvalue weighted by atomic mass is 9.81. The van der Waals surface area contributed by atoms with Crippen molar-refractivity contribution in [3.05, 3.63) is 65.7 Å². The van der Waals surface area contributed by atoms with Crippen LogP contribution in [0.5, 0.6) is 5.75 Å². The summed E-state index contributed by atoms with van der Waals surface area (Å²) < 4.78 is 78.4. The van der Waals surface area contributed by atoms with Gasteiger partial charge in [0.2, 0.25) is 5.13 Å². The number of benzene rings is 2. The van der Waals surface area contributed by atoms with Gasteiger partial charge in [-0.1, -0.05) is 12.1 Å². The van der Waals surface area contributed by atoms with Crippen LogP contribution >= 0.6 is 11.5 Å². The molecular formula is C20H19F3N4O3S2. The Morgan fingerprint density at radius 3 is 2.66 bits per heavy atom. The van der Waals surface area contributed by atoms with Gasteiger partial charge in [-0.15, -0.1) is 0 Å². The molecule has 1 fully saturated rings. The number of anilines is 1. The van der Waals surface area contributed by atoms with E-state index in [0.29, 0.717) is 18.7 Å².